The van der Waals surface area contributed by atoms with Crippen LogP contribution in [0.25, 0.3) is 0 Å². The Balaban J connectivity index is 2.09. The number of rotatable bonds is 11. The van der Waals surface area contributed by atoms with Gasteiger partial charge < -0.3 is 20.5 Å². The predicted octanol–water partition coefficient (Wildman–Crippen LogP) is 1.60. The molecule has 3 N–H and O–H groups in total. The molecule has 1 fully saturated rings. The molecule has 1 aliphatic rings. The Bertz CT molecular complexity index is 280. The number of ether oxygens (including phenoxy) is 2. The van der Waals surface area contributed by atoms with Gasteiger partial charge in [0.1, 0.15) is 0 Å². The molecule has 5 nitrogen and oxygen atoms in total. The molecule has 1 saturated heterocycles. The highest BCUT2D eigenvalue weighted by Crippen LogP contribution is 2.15. The summed E-state index contributed by atoms with van der Waals surface area (Å²) in [4.78, 5) is 11.5. The van der Waals surface area contributed by atoms with Gasteiger partial charge in [-0.05, 0) is 52.0 Å². The first-order valence-electron chi connectivity index (χ1n) is 7.83. The SMILES string of the molecule is CCCNC(C)(CCCCOCC1CCCO1)C(N)=O. The summed E-state index contributed by atoms with van der Waals surface area (Å²) >= 11 is 0. The number of nitrogens with two attached hydrogens (primary N) is 1. The van der Waals surface area contributed by atoms with Crippen LogP contribution in [0.15, 0.2) is 0 Å². The van der Waals surface area contributed by atoms with E-state index >= 15 is 0 Å². The Kier molecular flexibility index (Phi) is 8.11. The van der Waals surface area contributed by atoms with Gasteiger partial charge in [-0.1, -0.05) is 6.92 Å². The van der Waals surface area contributed by atoms with Crippen LogP contribution in [-0.2, 0) is 14.3 Å². The zero-order chi connectivity index (χ0) is 14.8. The first kappa shape index (κ1) is 17.4. The molecular formula is C15H30N2O3. The van der Waals surface area contributed by atoms with Crippen molar-refractivity contribution >= 4 is 5.91 Å². The lowest BCUT2D eigenvalue weighted by Crippen LogP contribution is -2.53. The van der Waals surface area contributed by atoms with Crippen LogP contribution < -0.4 is 11.1 Å². The highest BCUT2D eigenvalue weighted by molar-refractivity contribution is 5.84. The van der Waals surface area contributed by atoms with Gasteiger partial charge in [-0.15, -0.1) is 0 Å². The first-order chi connectivity index (χ1) is 9.58. The average molecular weight is 286 g/mol. The van der Waals surface area contributed by atoms with Crippen LogP contribution in [-0.4, -0.2) is 43.9 Å². The van der Waals surface area contributed by atoms with Gasteiger partial charge in [0.15, 0.2) is 0 Å². The minimum atomic E-state index is -0.593. The third-order valence-electron chi connectivity index (χ3n) is 3.85. The van der Waals surface area contributed by atoms with Crippen LogP contribution >= 0.6 is 0 Å². The fourth-order valence-electron chi connectivity index (χ4n) is 2.37. The Hall–Kier alpha value is -0.650. The number of hydrogen-bond donors (Lipinski definition) is 2. The molecule has 0 aromatic carbocycles. The average Bonchev–Trinajstić information content (AvgIpc) is 2.93. The van der Waals surface area contributed by atoms with Gasteiger partial charge in [0, 0.05) is 13.2 Å². The molecule has 5 heteroatoms. The molecule has 118 valence electrons. The van der Waals surface area contributed by atoms with Gasteiger partial charge in [-0.2, -0.15) is 0 Å². The molecule has 0 aromatic heterocycles. The second kappa shape index (κ2) is 9.32. The van der Waals surface area contributed by atoms with E-state index < -0.39 is 5.54 Å². The maximum absolute atomic E-state index is 11.5. The van der Waals surface area contributed by atoms with Crippen molar-refractivity contribution in [2.24, 2.45) is 5.73 Å². The molecule has 0 saturated carbocycles. The van der Waals surface area contributed by atoms with Crippen molar-refractivity contribution in [2.45, 2.75) is 64.0 Å². The summed E-state index contributed by atoms with van der Waals surface area (Å²) in [5, 5.41) is 3.25. The van der Waals surface area contributed by atoms with Gasteiger partial charge in [-0.3, -0.25) is 4.79 Å². The summed E-state index contributed by atoms with van der Waals surface area (Å²) in [6.45, 7) is 7.07. The van der Waals surface area contributed by atoms with Crippen molar-refractivity contribution < 1.29 is 14.3 Å². The first-order valence-corrected chi connectivity index (χ1v) is 7.83. The lowest BCUT2D eigenvalue weighted by molar-refractivity contribution is -0.124. The van der Waals surface area contributed by atoms with Crippen LogP contribution in [0, 0.1) is 0 Å². The van der Waals surface area contributed by atoms with Crippen LogP contribution in [0.2, 0.25) is 0 Å². The van der Waals surface area contributed by atoms with E-state index in [0.29, 0.717) is 6.61 Å². The Morgan fingerprint density at radius 3 is 2.90 bits per heavy atom. The van der Waals surface area contributed by atoms with Crippen LogP contribution in [0.1, 0.15) is 52.4 Å². The Morgan fingerprint density at radius 2 is 2.30 bits per heavy atom. The quantitative estimate of drug-likeness (QED) is 0.566. The van der Waals surface area contributed by atoms with Crippen LogP contribution in [0.4, 0.5) is 0 Å². The number of nitrogens with one attached hydrogen (secondary N) is 1. The number of amides is 1. The topological polar surface area (TPSA) is 73.6 Å². The lowest BCUT2D eigenvalue weighted by Gasteiger charge is -2.27. The van der Waals surface area contributed by atoms with Crippen LogP contribution in [0.5, 0.6) is 0 Å². The van der Waals surface area contributed by atoms with E-state index in [1.807, 2.05) is 6.92 Å². The molecule has 0 radical (unpaired) electrons. The lowest BCUT2D eigenvalue weighted by atomic mass is 9.94. The number of primary amides is 1. The summed E-state index contributed by atoms with van der Waals surface area (Å²) in [6.07, 6.45) is 6.18. The molecule has 0 bridgehead atoms. The third kappa shape index (κ3) is 6.20. The van der Waals surface area contributed by atoms with Crippen molar-refractivity contribution in [1.82, 2.24) is 5.32 Å². The van der Waals surface area contributed by atoms with E-state index in [1.165, 1.54) is 0 Å². The van der Waals surface area contributed by atoms with Crippen LogP contribution in [0.3, 0.4) is 0 Å². The van der Waals surface area contributed by atoms with Gasteiger partial charge in [0.25, 0.3) is 0 Å². The molecule has 0 spiro atoms. The van der Waals surface area contributed by atoms with E-state index in [1.54, 1.807) is 0 Å². The highest BCUT2D eigenvalue weighted by atomic mass is 16.5. The second-order valence-corrected chi connectivity index (χ2v) is 5.79. The summed E-state index contributed by atoms with van der Waals surface area (Å²) < 4.78 is 11.1. The number of unbranched alkanes of at least 4 members (excludes halogenated alkanes) is 1. The summed E-state index contributed by atoms with van der Waals surface area (Å²) in [5.41, 5.74) is 4.89. The number of hydrogen-bond acceptors (Lipinski definition) is 4. The van der Waals surface area contributed by atoms with Gasteiger partial charge >= 0.3 is 0 Å². The normalized spacial score (nSPS) is 21.8. The second-order valence-electron chi connectivity index (χ2n) is 5.79. The summed E-state index contributed by atoms with van der Waals surface area (Å²) in [6, 6.07) is 0. The smallest absolute Gasteiger partial charge is 0.237 e. The van der Waals surface area contributed by atoms with E-state index in [-0.39, 0.29) is 12.0 Å². The fourth-order valence-corrected chi connectivity index (χ4v) is 2.37. The molecule has 1 amide bonds. The van der Waals surface area contributed by atoms with Gasteiger partial charge in [0.05, 0.1) is 18.2 Å². The molecule has 1 aliphatic heterocycles. The maximum Gasteiger partial charge on any atom is 0.237 e. The molecule has 1 rings (SSSR count). The Labute approximate surface area is 122 Å². The monoisotopic (exact) mass is 286 g/mol. The molecule has 1 heterocycles. The molecule has 0 aliphatic carbocycles. The molecular weight excluding hydrogens is 256 g/mol. The Morgan fingerprint density at radius 1 is 1.50 bits per heavy atom. The molecule has 2 unspecified atom stereocenters. The largest absolute Gasteiger partial charge is 0.379 e. The minimum Gasteiger partial charge on any atom is -0.379 e. The maximum atomic E-state index is 11.5. The van der Waals surface area contributed by atoms with E-state index in [0.717, 1.165) is 58.3 Å². The van der Waals surface area contributed by atoms with Gasteiger partial charge in [0.2, 0.25) is 5.91 Å². The summed E-state index contributed by atoms with van der Waals surface area (Å²) in [7, 11) is 0. The minimum absolute atomic E-state index is 0.272. The predicted molar refractivity (Wildman–Crippen MR) is 79.5 cm³/mol. The summed E-state index contributed by atoms with van der Waals surface area (Å²) in [5.74, 6) is -0.272. The third-order valence-corrected chi connectivity index (χ3v) is 3.85. The van der Waals surface area contributed by atoms with E-state index in [4.69, 9.17) is 15.2 Å². The van der Waals surface area contributed by atoms with E-state index in [2.05, 4.69) is 12.2 Å². The van der Waals surface area contributed by atoms with Crippen molar-refractivity contribution in [3.05, 3.63) is 0 Å². The van der Waals surface area contributed by atoms with Gasteiger partial charge in [-0.25, -0.2) is 0 Å². The fraction of sp³-hybridized carbons (Fsp3) is 0.933. The zero-order valence-corrected chi connectivity index (χ0v) is 13.0. The standard InChI is InChI=1S/C15H30N2O3/c1-3-9-17-15(2,14(16)18)8-4-5-10-19-12-13-7-6-11-20-13/h13,17H,3-12H2,1-2H3,(H2,16,18). The zero-order valence-electron chi connectivity index (χ0n) is 13.0. The van der Waals surface area contributed by atoms with Crippen molar-refractivity contribution in [2.75, 3.05) is 26.4 Å². The number of carbonyl (C=O) groups is 1. The van der Waals surface area contributed by atoms with Crippen molar-refractivity contribution in [3.8, 4) is 0 Å². The van der Waals surface area contributed by atoms with E-state index in [9.17, 15) is 4.79 Å². The van der Waals surface area contributed by atoms with Crippen molar-refractivity contribution in [3.63, 3.8) is 0 Å². The van der Waals surface area contributed by atoms with Crippen molar-refractivity contribution in [1.29, 1.82) is 0 Å². The molecule has 20 heavy (non-hydrogen) atoms. The molecule has 2 atom stereocenters. The number of carbonyl (C=O) groups excluding carboxylic acids is 1. The highest BCUT2D eigenvalue weighted by Gasteiger charge is 2.29. The molecule has 0 aromatic rings.